The lowest BCUT2D eigenvalue weighted by Gasteiger charge is -2.11. The minimum absolute atomic E-state index is 0.100. The van der Waals surface area contributed by atoms with Gasteiger partial charge in [0.15, 0.2) is 0 Å². The zero-order chi connectivity index (χ0) is 11.3. The van der Waals surface area contributed by atoms with Crippen molar-refractivity contribution < 1.29 is 10.2 Å². The molecule has 0 aliphatic rings. The summed E-state index contributed by atoms with van der Waals surface area (Å²) in [5.74, 6) is 0. The van der Waals surface area contributed by atoms with E-state index in [0.29, 0.717) is 5.25 Å². The Morgan fingerprint density at radius 1 is 1.33 bits per heavy atom. The summed E-state index contributed by atoms with van der Waals surface area (Å²) in [4.78, 5) is 1.20. The monoisotopic (exact) mass is 226 g/mol. The lowest BCUT2D eigenvalue weighted by Crippen LogP contribution is -1.99. The third-order valence-electron chi connectivity index (χ3n) is 2.36. The normalized spacial score (nSPS) is 12.8. The first kappa shape index (κ1) is 12.6. The highest BCUT2D eigenvalue weighted by atomic mass is 32.2. The van der Waals surface area contributed by atoms with Crippen molar-refractivity contribution in [3.8, 4) is 0 Å². The van der Waals surface area contributed by atoms with Crippen LogP contribution in [0.4, 0.5) is 0 Å². The summed E-state index contributed by atoms with van der Waals surface area (Å²) in [7, 11) is 0. The molecular formula is C12H18O2S. The molecule has 1 aromatic rings. The van der Waals surface area contributed by atoms with Crippen LogP contribution in [0.5, 0.6) is 0 Å². The van der Waals surface area contributed by atoms with Gasteiger partial charge < -0.3 is 10.2 Å². The van der Waals surface area contributed by atoms with Crippen LogP contribution in [0.15, 0.2) is 23.1 Å². The average molecular weight is 226 g/mol. The van der Waals surface area contributed by atoms with Gasteiger partial charge in [0.25, 0.3) is 0 Å². The molecular weight excluding hydrogens is 208 g/mol. The first-order chi connectivity index (χ1) is 7.17. The molecule has 0 bridgehead atoms. The lowest BCUT2D eigenvalue weighted by molar-refractivity contribution is 0.281. The molecule has 15 heavy (non-hydrogen) atoms. The Balaban J connectivity index is 2.66. The molecule has 1 aromatic carbocycles. The van der Waals surface area contributed by atoms with E-state index in [2.05, 4.69) is 13.0 Å². The highest BCUT2D eigenvalue weighted by molar-refractivity contribution is 7.99. The van der Waals surface area contributed by atoms with E-state index >= 15 is 0 Å². The molecule has 2 N–H and O–H groups in total. The standard InChI is InChI=1S/C12H18O2S/c1-9-7-12(4-3-11(9)8-14)15-10(2)5-6-13/h3-4,7,10,13-14H,5-6,8H2,1-2H3. The van der Waals surface area contributed by atoms with Gasteiger partial charge in [0.2, 0.25) is 0 Å². The molecule has 0 aliphatic carbocycles. The summed E-state index contributed by atoms with van der Waals surface area (Å²) in [5.41, 5.74) is 2.10. The van der Waals surface area contributed by atoms with Gasteiger partial charge in [-0.1, -0.05) is 13.0 Å². The SMILES string of the molecule is Cc1cc(SC(C)CCO)ccc1CO. The Morgan fingerprint density at radius 3 is 2.60 bits per heavy atom. The number of thioether (sulfide) groups is 1. The fourth-order valence-electron chi connectivity index (χ4n) is 1.39. The van der Waals surface area contributed by atoms with E-state index in [1.54, 1.807) is 11.8 Å². The van der Waals surface area contributed by atoms with Gasteiger partial charge in [-0.2, -0.15) is 0 Å². The molecule has 3 heteroatoms. The summed E-state index contributed by atoms with van der Waals surface area (Å²) < 4.78 is 0. The molecule has 2 nitrogen and oxygen atoms in total. The summed E-state index contributed by atoms with van der Waals surface area (Å²) in [5, 5.41) is 18.3. The highest BCUT2D eigenvalue weighted by Gasteiger charge is 2.05. The van der Waals surface area contributed by atoms with E-state index in [-0.39, 0.29) is 13.2 Å². The predicted octanol–water partition coefficient (Wildman–Crippen LogP) is 2.35. The van der Waals surface area contributed by atoms with Crippen LogP contribution in [0.25, 0.3) is 0 Å². The van der Waals surface area contributed by atoms with Gasteiger partial charge in [-0.15, -0.1) is 11.8 Å². The van der Waals surface area contributed by atoms with Crippen molar-refractivity contribution in [3.63, 3.8) is 0 Å². The second kappa shape index (κ2) is 6.16. The van der Waals surface area contributed by atoms with Crippen molar-refractivity contribution in [3.05, 3.63) is 29.3 Å². The van der Waals surface area contributed by atoms with E-state index < -0.39 is 0 Å². The van der Waals surface area contributed by atoms with Crippen LogP contribution in [0.3, 0.4) is 0 Å². The molecule has 84 valence electrons. The van der Waals surface area contributed by atoms with Crippen LogP contribution in [0.2, 0.25) is 0 Å². The van der Waals surface area contributed by atoms with Gasteiger partial charge in [0, 0.05) is 16.8 Å². The molecule has 0 radical (unpaired) electrons. The van der Waals surface area contributed by atoms with E-state index in [9.17, 15) is 0 Å². The molecule has 0 fully saturated rings. The second-order valence-corrected chi connectivity index (χ2v) is 5.20. The van der Waals surface area contributed by atoms with Crippen molar-refractivity contribution in [2.24, 2.45) is 0 Å². The Kier molecular flexibility index (Phi) is 5.15. The van der Waals surface area contributed by atoms with Crippen LogP contribution >= 0.6 is 11.8 Å². The Hall–Kier alpha value is -0.510. The number of aryl methyl sites for hydroxylation is 1. The Morgan fingerprint density at radius 2 is 2.07 bits per heavy atom. The number of benzene rings is 1. The van der Waals surface area contributed by atoms with Gasteiger partial charge in [0.1, 0.15) is 0 Å². The largest absolute Gasteiger partial charge is 0.396 e. The minimum atomic E-state index is 0.100. The number of hydrogen-bond donors (Lipinski definition) is 2. The molecule has 0 saturated carbocycles. The Bertz CT molecular complexity index is 312. The van der Waals surface area contributed by atoms with Gasteiger partial charge in [-0.25, -0.2) is 0 Å². The van der Waals surface area contributed by atoms with Crippen molar-refractivity contribution in [1.82, 2.24) is 0 Å². The van der Waals surface area contributed by atoms with Crippen LogP contribution in [-0.4, -0.2) is 22.1 Å². The molecule has 0 aliphatic heterocycles. The predicted molar refractivity (Wildman–Crippen MR) is 64.1 cm³/mol. The van der Waals surface area contributed by atoms with Crippen LogP contribution < -0.4 is 0 Å². The molecule has 1 atom stereocenters. The summed E-state index contributed by atoms with van der Waals surface area (Å²) in [6, 6.07) is 6.07. The molecule has 0 aromatic heterocycles. The van der Waals surface area contributed by atoms with Crippen LogP contribution in [-0.2, 0) is 6.61 Å². The van der Waals surface area contributed by atoms with Gasteiger partial charge in [-0.05, 0) is 36.6 Å². The van der Waals surface area contributed by atoms with Crippen LogP contribution in [0.1, 0.15) is 24.5 Å². The third-order valence-corrected chi connectivity index (χ3v) is 3.52. The summed E-state index contributed by atoms with van der Waals surface area (Å²) in [6.07, 6.45) is 0.811. The van der Waals surface area contributed by atoms with Gasteiger partial charge in [-0.3, -0.25) is 0 Å². The highest BCUT2D eigenvalue weighted by Crippen LogP contribution is 2.26. The van der Waals surface area contributed by atoms with E-state index in [1.165, 1.54) is 4.90 Å². The van der Waals surface area contributed by atoms with Crippen molar-refractivity contribution in [2.75, 3.05) is 6.61 Å². The lowest BCUT2D eigenvalue weighted by atomic mass is 10.1. The van der Waals surface area contributed by atoms with Crippen molar-refractivity contribution in [1.29, 1.82) is 0 Å². The summed E-state index contributed by atoms with van der Waals surface area (Å²) >= 11 is 1.76. The number of rotatable bonds is 5. The zero-order valence-corrected chi connectivity index (χ0v) is 10.0. The topological polar surface area (TPSA) is 40.5 Å². The molecule has 0 saturated heterocycles. The second-order valence-electron chi connectivity index (χ2n) is 3.69. The fourth-order valence-corrected chi connectivity index (χ4v) is 2.47. The first-order valence-corrected chi connectivity index (χ1v) is 6.03. The quantitative estimate of drug-likeness (QED) is 0.757. The number of aliphatic hydroxyl groups is 2. The maximum atomic E-state index is 9.04. The zero-order valence-electron chi connectivity index (χ0n) is 9.23. The molecule has 1 rings (SSSR count). The molecule has 0 amide bonds. The number of aliphatic hydroxyl groups excluding tert-OH is 2. The third kappa shape index (κ3) is 3.86. The van der Waals surface area contributed by atoms with Crippen molar-refractivity contribution >= 4 is 11.8 Å². The van der Waals surface area contributed by atoms with Crippen molar-refractivity contribution in [2.45, 2.75) is 37.0 Å². The summed E-state index contributed by atoms with van der Waals surface area (Å²) in [6.45, 7) is 4.45. The average Bonchev–Trinajstić information content (AvgIpc) is 2.18. The molecule has 0 spiro atoms. The maximum absolute atomic E-state index is 9.04. The number of hydrogen-bond acceptors (Lipinski definition) is 3. The first-order valence-electron chi connectivity index (χ1n) is 5.15. The van der Waals surface area contributed by atoms with Gasteiger partial charge in [0.05, 0.1) is 6.61 Å². The molecule has 0 heterocycles. The Labute approximate surface area is 95.3 Å². The molecule has 1 unspecified atom stereocenters. The fraction of sp³-hybridized carbons (Fsp3) is 0.500. The van der Waals surface area contributed by atoms with Crippen LogP contribution in [0, 0.1) is 6.92 Å². The van der Waals surface area contributed by atoms with E-state index in [4.69, 9.17) is 10.2 Å². The van der Waals surface area contributed by atoms with Gasteiger partial charge >= 0.3 is 0 Å². The smallest absolute Gasteiger partial charge is 0.0684 e. The van der Waals surface area contributed by atoms with E-state index in [1.807, 2.05) is 19.1 Å². The maximum Gasteiger partial charge on any atom is 0.0684 e. The minimum Gasteiger partial charge on any atom is -0.396 e. The van der Waals surface area contributed by atoms with E-state index in [0.717, 1.165) is 17.5 Å².